The molecule has 6 nitrogen and oxygen atoms in total. The molecule has 0 bridgehead atoms. The minimum absolute atomic E-state index is 0.723. The molecule has 0 N–H and O–H groups in total. The maximum absolute atomic E-state index is 11.7. The van der Waals surface area contributed by atoms with E-state index in [1.54, 1.807) is 0 Å². The molecule has 0 rings (SSSR count). The van der Waals surface area contributed by atoms with Crippen molar-refractivity contribution in [2.45, 2.75) is 11.4 Å². The number of carbonyl (C=O) groups is 3. The van der Waals surface area contributed by atoms with Crippen molar-refractivity contribution in [1.29, 1.82) is 0 Å². The third-order valence-electron chi connectivity index (χ3n) is 1.86. The van der Waals surface area contributed by atoms with Gasteiger partial charge in [0.2, 0.25) is 0 Å². The van der Waals surface area contributed by atoms with Gasteiger partial charge in [-0.25, -0.2) is 0 Å². The Kier molecular flexibility index (Phi) is 13.1. The van der Waals surface area contributed by atoms with Gasteiger partial charge in [0.05, 0.1) is 0 Å². The van der Waals surface area contributed by atoms with E-state index in [1.165, 1.54) is 0 Å². The normalized spacial score (nSPS) is 13.2. The molecule has 0 spiro atoms. The molecule has 0 heterocycles. The van der Waals surface area contributed by atoms with Gasteiger partial charge in [-0.3, -0.25) is 0 Å². The summed E-state index contributed by atoms with van der Waals surface area (Å²) >= 11 is 44.6. The van der Waals surface area contributed by atoms with E-state index in [2.05, 4.69) is 0 Å². The monoisotopic (exact) mass is 630 g/mol. The Balaban J connectivity index is 5.20. The van der Waals surface area contributed by atoms with Crippen molar-refractivity contribution in [3.8, 4) is 0 Å². The van der Waals surface area contributed by atoms with Gasteiger partial charge in [0.25, 0.3) is 0 Å². The Morgan fingerprint density at radius 2 is 0.750 bits per heavy atom. The van der Waals surface area contributed by atoms with Crippen molar-refractivity contribution in [1.82, 2.24) is 0 Å². The van der Waals surface area contributed by atoms with Crippen LogP contribution in [0.3, 0.4) is 0 Å². The third kappa shape index (κ3) is 18.9. The molecule has 28 heavy (non-hydrogen) atoms. The van der Waals surface area contributed by atoms with Crippen LogP contribution in [0.15, 0.2) is 36.5 Å². The number of hydrogen-bond donors (Lipinski definition) is 0. The Morgan fingerprint density at radius 3 is 0.929 bits per heavy atom. The van der Waals surface area contributed by atoms with Crippen LogP contribution in [0.1, 0.15) is 0 Å². The van der Waals surface area contributed by atoms with Gasteiger partial charge in [-0.2, -0.15) is 0 Å². The van der Waals surface area contributed by atoms with Crippen LogP contribution >= 0.6 is 104 Å². The van der Waals surface area contributed by atoms with Crippen molar-refractivity contribution in [2.75, 3.05) is 0 Å². The Labute approximate surface area is 210 Å². The van der Waals surface area contributed by atoms with Crippen LogP contribution < -0.4 is 0 Å². The van der Waals surface area contributed by atoms with E-state index in [0.717, 1.165) is 36.5 Å². The number of carbonyl (C=O) groups excluding carboxylic acids is 3. The zero-order chi connectivity index (χ0) is 22.2. The number of allylic oxidation sites excluding steroid dienone is 3. The fourth-order valence-corrected chi connectivity index (χ4v) is 3.52. The number of hydrogen-bond acceptors (Lipinski definition) is 6. The second kappa shape index (κ2) is 12.7. The average Bonchev–Trinajstić information content (AvgIpc) is 2.47. The van der Waals surface area contributed by atoms with Crippen molar-refractivity contribution >= 4 is 140 Å². The first-order valence-electron chi connectivity index (χ1n) is 6.36. The number of halogens is 9. The maximum atomic E-state index is 11.7. The molecule has 0 aliphatic carbocycles. The first-order valence-corrected chi connectivity index (χ1v) is 12.7. The molecule has 156 valence electrons. The second-order valence-corrected chi connectivity index (χ2v) is 14.0. The molecule has 0 radical (unpaired) electrons. The average molecular weight is 635 g/mol. The Hall–Kier alpha value is 0.876. The number of alkyl halides is 9. The fraction of sp³-hybridized carbons (Fsp3) is 0.250. The van der Waals surface area contributed by atoms with Gasteiger partial charge in [0.1, 0.15) is 0 Å². The number of rotatable bonds is 6. The van der Waals surface area contributed by atoms with Crippen LogP contribution in [0.4, 0.5) is 0 Å². The summed E-state index contributed by atoms with van der Waals surface area (Å²) in [5.74, 6) is -3.35. The van der Waals surface area contributed by atoms with Crippen molar-refractivity contribution in [3.63, 3.8) is 0 Å². The van der Waals surface area contributed by atoms with Crippen LogP contribution in [0.25, 0.3) is 0 Å². The van der Waals surface area contributed by atoms with Crippen LogP contribution in [0.5, 0.6) is 0 Å². The molecular weight excluding hydrogens is 629 g/mol. The van der Waals surface area contributed by atoms with Gasteiger partial charge < -0.3 is 0 Å². The minimum atomic E-state index is -4.31. The van der Waals surface area contributed by atoms with Gasteiger partial charge in [0.15, 0.2) is 0 Å². The van der Waals surface area contributed by atoms with Crippen LogP contribution in [0, 0.1) is 0 Å². The van der Waals surface area contributed by atoms with Crippen LogP contribution in [0.2, 0.25) is 0 Å². The molecule has 0 aliphatic heterocycles. The van der Waals surface area contributed by atoms with Gasteiger partial charge in [-0.1, -0.05) is 0 Å². The standard InChI is InChI=1S/3C4H3Cl3O2.Ga/c3*5-4(6,7)2-1-3(8)9;/h3*1-2H,(H,8,9);/q;;;+3/p-3/b3*2-1+;. The van der Waals surface area contributed by atoms with E-state index in [4.69, 9.17) is 115 Å². The molecule has 0 amide bonds. The predicted molar refractivity (Wildman–Crippen MR) is 112 cm³/mol. The Morgan fingerprint density at radius 1 is 0.536 bits per heavy atom. The molecular formula is C12H6Cl9GaO6. The van der Waals surface area contributed by atoms with E-state index >= 15 is 0 Å². The summed E-state index contributed by atoms with van der Waals surface area (Å²) in [4.78, 5) is 35.1. The molecule has 0 saturated carbocycles. The summed E-state index contributed by atoms with van der Waals surface area (Å²) in [6, 6.07) is 0. The topological polar surface area (TPSA) is 78.9 Å². The quantitative estimate of drug-likeness (QED) is 0.222. The first kappa shape index (κ1) is 28.9. The van der Waals surface area contributed by atoms with Gasteiger partial charge >= 0.3 is 212 Å². The fourth-order valence-electron chi connectivity index (χ4n) is 0.962. The molecule has 0 atom stereocenters. The van der Waals surface area contributed by atoms with Crippen LogP contribution in [-0.2, 0) is 25.0 Å². The van der Waals surface area contributed by atoms with E-state index in [1.807, 2.05) is 0 Å². The van der Waals surface area contributed by atoms with E-state index in [-0.39, 0.29) is 0 Å². The second-order valence-electron chi connectivity index (χ2n) is 4.22. The summed E-state index contributed by atoms with van der Waals surface area (Å²) < 4.78 is 8.67. The van der Waals surface area contributed by atoms with E-state index < -0.39 is 46.6 Å². The van der Waals surface area contributed by atoms with Gasteiger partial charge in [-0.05, 0) is 0 Å². The summed E-state index contributed by atoms with van der Waals surface area (Å²) in [5, 5.41) is 0. The summed E-state index contributed by atoms with van der Waals surface area (Å²) in [7, 11) is 0. The van der Waals surface area contributed by atoms with Crippen LogP contribution in [-0.4, -0.2) is 46.6 Å². The molecule has 0 saturated heterocycles. The van der Waals surface area contributed by atoms with Crippen molar-refractivity contribution in [2.24, 2.45) is 0 Å². The van der Waals surface area contributed by atoms with E-state index in [0.29, 0.717) is 0 Å². The van der Waals surface area contributed by atoms with Gasteiger partial charge in [-0.15, -0.1) is 0 Å². The zero-order valence-electron chi connectivity index (χ0n) is 12.9. The molecule has 0 fully saturated rings. The molecule has 0 unspecified atom stereocenters. The first-order chi connectivity index (χ1) is 12.5. The summed E-state index contributed by atoms with van der Waals surface area (Å²) in [5.41, 5.74) is 0. The van der Waals surface area contributed by atoms with Crippen molar-refractivity contribution in [3.05, 3.63) is 36.5 Å². The predicted octanol–water partition coefficient (Wildman–Crippen LogP) is 5.38. The molecule has 16 heteroatoms. The Bertz CT molecular complexity index is 570. The van der Waals surface area contributed by atoms with E-state index in [9.17, 15) is 14.4 Å². The SMILES string of the molecule is O=C(/C=C/C(Cl)(Cl)Cl)[O][Ga]([O]C(=O)/C=C/C(Cl)(Cl)Cl)[O]C(=O)/C=C/C(Cl)(Cl)Cl. The van der Waals surface area contributed by atoms with Gasteiger partial charge in [0, 0.05) is 0 Å². The molecule has 0 aromatic rings. The molecule has 0 aliphatic rings. The summed E-state index contributed by atoms with van der Waals surface area (Å²) in [6.45, 7) is 0. The summed E-state index contributed by atoms with van der Waals surface area (Å²) in [6.07, 6.45) is 4.74. The third-order valence-corrected chi connectivity index (χ3v) is 5.67. The zero-order valence-corrected chi connectivity index (χ0v) is 22.1. The molecule has 0 aromatic carbocycles. The molecule has 0 aromatic heterocycles. The van der Waals surface area contributed by atoms with Crippen molar-refractivity contribution < 1.29 is 25.0 Å².